The zero-order chi connectivity index (χ0) is 14.9. The van der Waals surface area contributed by atoms with Crippen LogP contribution in [0.1, 0.15) is 30.1 Å². The number of carboxylic acid groups (broad SMARTS) is 1. The second-order valence-corrected chi connectivity index (χ2v) is 4.90. The van der Waals surface area contributed by atoms with E-state index in [2.05, 4.69) is 0 Å². The van der Waals surface area contributed by atoms with Crippen LogP contribution in [0.15, 0.2) is 12.1 Å². The quantitative estimate of drug-likeness (QED) is 0.907. The van der Waals surface area contributed by atoms with E-state index in [4.69, 9.17) is 19.3 Å². The van der Waals surface area contributed by atoms with Crippen molar-refractivity contribution in [2.24, 2.45) is 0 Å². The number of hydrogen-bond donors (Lipinski definition) is 1. The fourth-order valence-corrected chi connectivity index (χ4v) is 2.36. The van der Waals surface area contributed by atoms with E-state index in [0.29, 0.717) is 17.1 Å². The van der Waals surface area contributed by atoms with Gasteiger partial charge in [0.25, 0.3) is 0 Å². The lowest BCUT2D eigenvalue weighted by Crippen LogP contribution is -2.41. The normalized spacial score (nSPS) is 20.9. The minimum atomic E-state index is -1.09. The molecule has 0 amide bonds. The van der Waals surface area contributed by atoms with Crippen LogP contribution in [0.4, 0.5) is 0 Å². The van der Waals surface area contributed by atoms with Gasteiger partial charge < -0.3 is 19.3 Å². The number of carboxylic acids is 1. The number of carbonyl (C=O) groups excluding carboxylic acids is 1. The number of methoxy groups -OCH3 is 2. The maximum absolute atomic E-state index is 12.2. The summed E-state index contributed by atoms with van der Waals surface area (Å²) >= 11 is 0. The number of carbonyl (C=O) groups is 2. The van der Waals surface area contributed by atoms with Crippen molar-refractivity contribution in [1.82, 2.24) is 0 Å². The first kappa shape index (κ1) is 14.2. The predicted molar refractivity (Wildman–Crippen MR) is 69.8 cm³/mol. The molecule has 2 rings (SSSR count). The van der Waals surface area contributed by atoms with E-state index >= 15 is 0 Å². The standard InChI is InChI=1S/C14H16O6/c1-14(7-11(16)17)6-9(15)8-4-5-10(18-2)13(19-3)12(8)20-14/h4-5H,6-7H2,1-3H3,(H,16,17). The molecule has 0 radical (unpaired) electrons. The van der Waals surface area contributed by atoms with E-state index in [9.17, 15) is 9.59 Å². The van der Waals surface area contributed by atoms with E-state index in [1.807, 2.05) is 0 Å². The van der Waals surface area contributed by atoms with Crippen LogP contribution in [0.2, 0.25) is 0 Å². The van der Waals surface area contributed by atoms with E-state index in [1.165, 1.54) is 14.2 Å². The average Bonchev–Trinajstić information content (AvgIpc) is 2.35. The third-order valence-electron chi connectivity index (χ3n) is 3.21. The van der Waals surface area contributed by atoms with Crippen LogP contribution in [0.5, 0.6) is 17.2 Å². The molecule has 0 saturated carbocycles. The zero-order valence-corrected chi connectivity index (χ0v) is 11.6. The first-order chi connectivity index (χ1) is 9.40. The molecule has 6 nitrogen and oxygen atoms in total. The third-order valence-corrected chi connectivity index (χ3v) is 3.21. The van der Waals surface area contributed by atoms with Crippen molar-refractivity contribution in [3.05, 3.63) is 17.7 Å². The Labute approximate surface area is 116 Å². The maximum atomic E-state index is 12.2. The SMILES string of the molecule is COc1ccc2c(c1OC)OC(C)(CC(=O)O)CC2=O. The Kier molecular flexibility index (Phi) is 3.57. The summed E-state index contributed by atoms with van der Waals surface area (Å²) in [5.74, 6) is -0.221. The van der Waals surface area contributed by atoms with Gasteiger partial charge in [-0.15, -0.1) is 0 Å². The highest BCUT2D eigenvalue weighted by atomic mass is 16.5. The number of Topliss-reactive ketones (excluding diaryl/α,β-unsaturated/α-hetero) is 1. The molecule has 0 spiro atoms. The Morgan fingerprint density at radius 2 is 2.10 bits per heavy atom. The molecule has 1 aromatic rings. The van der Waals surface area contributed by atoms with Gasteiger partial charge in [0.15, 0.2) is 17.3 Å². The molecule has 0 aromatic heterocycles. The first-order valence-electron chi connectivity index (χ1n) is 6.09. The lowest BCUT2D eigenvalue weighted by molar-refractivity contribution is -0.141. The van der Waals surface area contributed by atoms with E-state index in [1.54, 1.807) is 19.1 Å². The Hall–Kier alpha value is -2.24. The minimum Gasteiger partial charge on any atom is -0.493 e. The van der Waals surface area contributed by atoms with Crippen LogP contribution in [-0.4, -0.2) is 36.7 Å². The number of hydrogen-bond acceptors (Lipinski definition) is 5. The summed E-state index contributed by atoms with van der Waals surface area (Å²) in [7, 11) is 2.92. The highest BCUT2D eigenvalue weighted by Crippen LogP contribution is 2.46. The molecule has 1 unspecified atom stereocenters. The van der Waals surface area contributed by atoms with Crippen LogP contribution in [0, 0.1) is 0 Å². The van der Waals surface area contributed by atoms with Crippen molar-refractivity contribution in [3.8, 4) is 17.2 Å². The number of fused-ring (bicyclic) bond motifs is 1. The molecule has 20 heavy (non-hydrogen) atoms. The third kappa shape index (κ3) is 2.41. The van der Waals surface area contributed by atoms with Crippen molar-refractivity contribution >= 4 is 11.8 Å². The Bertz CT molecular complexity index is 565. The Morgan fingerprint density at radius 1 is 1.40 bits per heavy atom. The van der Waals surface area contributed by atoms with E-state index in [0.717, 1.165) is 0 Å². The predicted octanol–water partition coefficient (Wildman–Crippen LogP) is 1.90. The molecule has 108 valence electrons. The van der Waals surface area contributed by atoms with Crippen LogP contribution in [0.25, 0.3) is 0 Å². The number of rotatable bonds is 4. The van der Waals surface area contributed by atoms with Gasteiger partial charge in [0.1, 0.15) is 5.60 Å². The van der Waals surface area contributed by atoms with Gasteiger partial charge in [-0.25, -0.2) is 0 Å². The molecule has 1 aromatic carbocycles. The molecule has 1 aliphatic heterocycles. The van der Waals surface area contributed by atoms with Crippen molar-refractivity contribution in [2.75, 3.05) is 14.2 Å². The van der Waals surface area contributed by atoms with E-state index in [-0.39, 0.29) is 24.4 Å². The minimum absolute atomic E-state index is 0.0157. The number of aliphatic carboxylic acids is 1. The number of ether oxygens (including phenoxy) is 3. The summed E-state index contributed by atoms with van der Waals surface area (Å²) in [6, 6.07) is 3.22. The van der Waals surface area contributed by atoms with Crippen molar-refractivity contribution in [1.29, 1.82) is 0 Å². The molecule has 1 atom stereocenters. The molecule has 1 heterocycles. The van der Waals surface area contributed by atoms with Crippen molar-refractivity contribution in [2.45, 2.75) is 25.4 Å². The summed E-state index contributed by atoms with van der Waals surface area (Å²) in [5.41, 5.74) is -0.708. The second kappa shape index (κ2) is 5.03. The van der Waals surface area contributed by atoms with Gasteiger partial charge in [0.2, 0.25) is 5.75 Å². The van der Waals surface area contributed by atoms with Crippen molar-refractivity contribution < 1.29 is 28.9 Å². The topological polar surface area (TPSA) is 82.1 Å². The van der Waals surface area contributed by atoms with Gasteiger partial charge in [-0.3, -0.25) is 9.59 Å². The molecule has 0 aliphatic carbocycles. The molecule has 6 heteroatoms. The fraction of sp³-hybridized carbons (Fsp3) is 0.429. The summed E-state index contributed by atoms with van der Waals surface area (Å²) in [6.07, 6.45) is -0.250. The number of ketones is 1. The monoisotopic (exact) mass is 280 g/mol. The van der Waals surface area contributed by atoms with Crippen LogP contribution >= 0.6 is 0 Å². The van der Waals surface area contributed by atoms with Crippen LogP contribution in [-0.2, 0) is 4.79 Å². The smallest absolute Gasteiger partial charge is 0.307 e. The van der Waals surface area contributed by atoms with Crippen LogP contribution in [0.3, 0.4) is 0 Å². The summed E-state index contributed by atoms with van der Waals surface area (Å²) < 4.78 is 16.1. The van der Waals surface area contributed by atoms with Gasteiger partial charge in [0.05, 0.1) is 32.6 Å². The summed E-state index contributed by atoms with van der Waals surface area (Å²) in [5, 5.41) is 8.95. The Balaban J connectivity index is 2.51. The molecule has 0 saturated heterocycles. The molecular formula is C14H16O6. The first-order valence-corrected chi connectivity index (χ1v) is 6.09. The van der Waals surface area contributed by atoms with Gasteiger partial charge >= 0.3 is 5.97 Å². The van der Waals surface area contributed by atoms with Gasteiger partial charge in [0, 0.05) is 0 Å². The summed E-state index contributed by atoms with van der Waals surface area (Å²) in [4.78, 5) is 23.1. The fourth-order valence-electron chi connectivity index (χ4n) is 2.36. The van der Waals surface area contributed by atoms with Crippen LogP contribution < -0.4 is 14.2 Å². The molecular weight excluding hydrogens is 264 g/mol. The highest BCUT2D eigenvalue weighted by Gasteiger charge is 2.40. The highest BCUT2D eigenvalue weighted by molar-refractivity contribution is 6.01. The molecule has 1 N–H and O–H groups in total. The van der Waals surface area contributed by atoms with Gasteiger partial charge in [-0.05, 0) is 19.1 Å². The molecule has 0 bridgehead atoms. The average molecular weight is 280 g/mol. The van der Waals surface area contributed by atoms with Gasteiger partial charge in [-0.2, -0.15) is 0 Å². The number of benzene rings is 1. The lowest BCUT2D eigenvalue weighted by atomic mass is 9.88. The Morgan fingerprint density at radius 3 is 2.65 bits per heavy atom. The summed E-state index contributed by atoms with van der Waals surface area (Å²) in [6.45, 7) is 1.60. The van der Waals surface area contributed by atoms with Gasteiger partial charge in [-0.1, -0.05) is 0 Å². The largest absolute Gasteiger partial charge is 0.493 e. The molecule has 0 fully saturated rings. The second-order valence-electron chi connectivity index (χ2n) is 4.90. The van der Waals surface area contributed by atoms with E-state index < -0.39 is 11.6 Å². The molecule has 1 aliphatic rings. The zero-order valence-electron chi connectivity index (χ0n) is 11.6. The lowest BCUT2D eigenvalue weighted by Gasteiger charge is -2.34. The maximum Gasteiger partial charge on any atom is 0.307 e. The van der Waals surface area contributed by atoms with Crippen molar-refractivity contribution in [3.63, 3.8) is 0 Å².